The third-order valence-corrected chi connectivity index (χ3v) is 6.61. The number of nitrogens with zero attached hydrogens (tertiary/aromatic N) is 1. The molecule has 0 aliphatic carbocycles. The number of likely N-dealkylation sites (N-methyl/N-ethyl adjacent to an activating group) is 1. The van der Waals surface area contributed by atoms with Crippen LogP contribution in [-0.2, 0) is 10.0 Å². The van der Waals surface area contributed by atoms with E-state index in [-0.39, 0.29) is 16.8 Å². The van der Waals surface area contributed by atoms with Crippen molar-refractivity contribution in [3.63, 3.8) is 0 Å². The summed E-state index contributed by atoms with van der Waals surface area (Å²) >= 11 is 0. The van der Waals surface area contributed by atoms with Crippen LogP contribution in [0.3, 0.4) is 0 Å². The number of amides is 1. The zero-order valence-electron chi connectivity index (χ0n) is 18.0. The van der Waals surface area contributed by atoms with E-state index in [0.717, 1.165) is 16.9 Å². The van der Waals surface area contributed by atoms with Gasteiger partial charge in [0.1, 0.15) is 5.76 Å². The van der Waals surface area contributed by atoms with E-state index in [1.807, 2.05) is 45.0 Å². The second-order valence-corrected chi connectivity index (χ2v) is 9.26. The number of benzene rings is 2. The SMILES string of the molecule is Cc1cccc(NS(=O)(=O)c2ccc(C(=O)NC[C@H](c3ccco3)N(C)C)cc2)c1C. The molecular formula is C23H27N3O4S. The fraction of sp³-hybridized carbons (Fsp3) is 0.261. The van der Waals surface area contributed by atoms with Gasteiger partial charge in [-0.15, -0.1) is 0 Å². The number of nitrogens with one attached hydrogen (secondary N) is 2. The lowest BCUT2D eigenvalue weighted by Crippen LogP contribution is -2.34. The molecule has 0 aliphatic heterocycles. The first kappa shape index (κ1) is 22.6. The molecule has 0 saturated heterocycles. The smallest absolute Gasteiger partial charge is 0.261 e. The monoisotopic (exact) mass is 441 g/mol. The Hall–Kier alpha value is -3.10. The molecule has 2 aromatic carbocycles. The quantitative estimate of drug-likeness (QED) is 0.556. The molecule has 1 aromatic heterocycles. The Morgan fingerprint density at radius 2 is 1.74 bits per heavy atom. The molecule has 3 rings (SSSR count). The summed E-state index contributed by atoms with van der Waals surface area (Å²) < 4.78 is 33.5. The van der Waals surface area contributed by atoms with E-state index < -0.39 is 10.0 Å². The van der Waals surface area contributed by atoms with E-state index in [9.17, 15) is 13.2 Å². The van der Waals surface area contributed by atoms with Gasteiger partial charge in [-0.3, -0.25) is 14.4 Å². The fourth-order valence-electron chi connectivity index (χ4n) is 3.16. The highest BCUT2D eigenvalue weighted by atomic mass is 32.2. The van der Waals surface area contributed by atoms with E-state index >= 15 is 0 Å². The molecule has 0 fully saturated rings. The molecule has 1 amide bonds. The topological polar surface area (TPSA) is 91.6 Å². The van der Waals surface area contributed by atoms with Crippen LogP contribution in [0.5, 0.6) is 0 Å². The van der Waals surface area contributed by atoms with Crippen LogP contribution in [0.4, 0.5) is 5.69 Å². The molecule has 0 spiro atoms. The second kappa shape index (κ2) is 9.36. The number of furan rings is 1. The van der Waals surface area contributed by atoms with E-state index in [4.69, 9.17) is 4.42 Å². The van der Waals surface area contributed by atoms with Gasteiger partial charge in [0.25, 0.3) is 15.9 Å². The molecule has 31 heavy (non-hydrogen) atoms. The average Bonchev–Trinajstić information content (AvgIpc) is 3.25. The van der Waals surface area contributed by atoms with Crippen molar-refractivity contribution in [3.05, 3.63) is 83.3 Å². The van der Waals surface area contributed by atoms with Gasteiger partial charge in [-0.1, -0.05) is 12.1 Å². The van der Waals surface area contributed by atoms with Gasteiger partial charge in [-0.05, 0) is 81.5 Å². The Labute approximate surface area is 183 Å². The molecule has 3 aromatic rings. The van der Waals surface area contributed by atoms with Gasteiger partial charge in [0.15, 0.2) is 0 Å². The summed E-state index contributed by atoms with van der Waals surface area (Å²) in [5, 5.41) is 2.87. The van der Waals surface area contributed by atoms with Crippen LogP contribution in [-0.4, -0.2) is 39.9 Å². The van der Waals surface area contributed by atoms with Crippen molar-refractivity contribution in [2.75, 3.05) is 25.4 Å². The standard InChI is InChI=1S/C23H27N3O4S/c1-16-7-5-8-20(17(16)2)25-31(28,29)19-12-10-18(11-13-19)23(27)24-15-21(26(3)4)22-9-6-14-30-22/h5-14,21,25H,15H2,1-4H3,(H,24,27)/t21-/m1/s1. The Morgan fingerprint density at radius 3 is 2.35 bits per heavy atom. The summed E-state index contributed by atoms with van der Waals surface area (Å²) in [5.74, 6) is 0.467. The number of rotatable bonds is 8. The summed E-state index contributed by atoms with van der Waals surface area (Å²) in [7, 11) is 0.0470. The van der Waals surface area contributed by atoms with Crippen molar-refractivity contribution in [1.29, 1.82) is 0 Å². The highest BCUT2D eigenvalue weighted by molar-refractivity contribution is 7.92. The first-order chi connectivity index (χ1) is 14.7. The van der Waals surface area contributed by atoms with Gasteiger partial charge in [0.2, 0.25) is 0 Å². The minimum absolute atomic E-state index is 0.0895. The third-order valence-electron chi connectivity index (χ3n) is 5.23. The van der Waals surface area contributed by atoms with E-state index in [2.05, 4.69) is 10.0 Å². The van der Waals surface area contributed by atoms with E-state index in [1.165, 1.54) is 24.3 Å². The molecule has 0 bridgehead atoms. The van der Waals surface area contributed by atoms with Crippen molar-refractivity contribution in [2.24, 2.45) is 0 Å². The summed E-state index contributed by atoms with van der Waals surface area (Å²) in [6, 6.07) is 14.9. The van der Waals surface area contributed by atoms with Crippen LogP contribution in [0.25, 0.3) is 0 Å². The van der Waals surface area contributed by atoms with Gasteiger partial charge in [-0.2, -0.15) is 0 Å². The number of carbonyl (C=O) groups excluding carboxylic acids is 1. The summed E-state index contributed by atoms with van der Waals surface area (Å²) in [6.07, 6.45) is 1.60. The Balaban J connectivity index is 1.69. The molecule has 1 atom stereocenters. The Bertz CT molecular complexity index is 1140. The zero-order valence-corrected chi connectivity index (χ0v) is 18.9. The number of sulfonamides is 1. The van der Waals surface area contributed by atoms with Crippen molar-refractivity contribution < 1.29 is 17.6 Å². The average molecular weight is 442 g/mol. The van der Waals surface area contributed by atoms with E-state index in [0.29, 0.717) is 17.8 Å². The summed E-state index contributed by atoms with van der Waals surface area (Å²) in [6.45, 7) is 4.14. The minimum atomic E-state index is -3.76. The predicted octanol–water partition coefficient (Wildman–Crippen LogP) is 3.73. The molecule has 2 N–H and O–H groups in total. The lowest BCUT2D eigenvalue weighted by atomic mass is 10.1. The molecular weight excluding hydrogens is 414 g/mol. The molecule has 7 nitrogen and oxygen atoms in total. The maximum atomic E-state index is 12.7. The van der Waals surface area contributed by atoms with Gasteiger partial charge < -0.3 is 9.73 Å². The Kier molecular flexibility index (Phi) is 6.82. The van der Waals surface area contributed by atoms with Crippen LogP contribution < -0.4 is 10.0 Å². The maximum Gasteiger partial charge on any atom is 0.261 e. The van der Waals surface area contributed by atoms with Gasteiger partial charge in [0.05, 0.1) is 22.9 Å². The highest BCUT2D eigenvalue weighted by Gasteiger charge is 2.19. The van der Waals surface area contributed by atoms with Crippen molar-refractivity contribution in [3.8, 4) is 0 Å². The lowest BCUT2D eigenvalue weighted by Gasteiger charge is -2.22. The van der Waals surface area contributed by atoms with E-state index in [1.54, 1.807) is 24.5 Å². The Morgan fingerprint density at radius 1 is 1.03 bits per heavy atom. The van der Waals surface area contributed by atoms with Gasteiger partial charge >= 0.3 is 0 Å². The maximum absolute atomic E-state index is 12.7. The van der Waals surface area contributed by atoms with Crippen molar-refractivity contribution in [1.82, 2.24) is 10.2 Å². The van der Waals surface area contributed by atoms with Crippen LogP contribution >= 0.6 is 0 Å². The van der Waals surface area contributed by atoms with Crippen LogP contribution in [0.1, 0.15) is 33.3 Å². The number of hydrogen-bond donors (Lipinski definition) is 2. The fourth-order valence-corrected chi connectivity index (χ4v) is 4.28. The number of hydrogen-bond acceptors (Lipinski definition) is 5. The van der Waals surface area contributed by atoms with Crippen molar-refractivity contribution >= 4 is 21.6 Å². The second-order valence-electron chi connectivity index (χ2n) is 7.58. The molecule has 0 radical (unpaired) electrons. The molecule has 0 unspecified atom stereocenters. The summed E-state index contributed by atoms with van der Waals surface area (Å²) in [4.78, 5) is 14.6. The summed E-state index contributed by atoms with van der Waals surface area (Å²) in [5.41, 5.74) is 2.78. The largest absolute Gasteiger partial charge is 0.468 e. The number of aryl methyl sites for hydroxylation is 1. The third kappa shape index (κ3) is 5.34. The highest BCUT2D eigenvalue weighted by Crippen LogP contribution is 2.22. The molecule has 164 valence electrons. The zero-order chi connectivity index (χ0) is 22.6. The molecule has 1 heterocycles. The number of carbonyl (C=O) groups is 1. The van der Waals surface area contributed by atoms with Gasteiger partial charge in [0, 0.05) is 12.1 Å². The first-order valence-electron chi connectivity index (χ1n) is 9.86. The predicted molar refractivity (Wildman–Crippen MR) is 121 cm³/mol. The lowest BCUT2D eigenvalue weighted by molar-refractivity contribution is 0.0939. The molecule has 0 aliphatic rings. The first-order valence-corrected chi connectivity index (χ1v) is 11.3. The minimum Gasteiger partial charge on any atom is -0.468 e. The van der Waals surface area contributed by atoms with Gasteiger partial charge in [-0.25, -0.2) is 8.42 Å². The molecule has 0 saturated carbocycles. The van der Waals surface area contributed by atoms with Crippen LogP contribution in [0.2, 0.25) is 0 Å². The van der Waals surface area contributed by atoms with Crippen molar-refractivity contribution in [2.45, 2.75) is 24.8 Å². The number of anilines is 1. The molecule has 8 heteroatoms. The van der Waals surface area contributed by atoms with Crippen LogP contribution in [0, 0.1) is 13.8 Å². The normalized spacial score (nSPS) is 12.5. The van der Waals surface area contributed by atoms with Crippen LogP contribution in [0.15, 0.2) is 70.2 Å².